The molecular weight excluding hydrogens is 358 g/mol. The van der Waals surface area contributed by atoms with Crippen LogP contribution in [-0.2, 0) is 0 Å². The van der Waals surface area contributed by atoms with E-state index in [9.17, 15) is 0 Å². The van der Waals surface area contributed by atoms with Gasteiger partial charge in [-0.2, -0.15) is 0 Å². The van der Waals surface area contributed by atoms with E-state index in [1.165, 1.54) is 0 Å². The molecule has 4 heteroatoms. The van der Waals surface area contributed by atoms with Gasteiger partial charge in [0, 0.05) is 18.0 Å². The zero-order chi connectivity index (χ0) is 13.8. The molecule has 0 radical (unpaired) electrons. The quantitative estimate of drug-likeness (QED) is 0.807. The highest BCUT2D eigenvalue weighted by molar-refractivity contribution is 9.11. The Hall–Kier alpha value is -0.0600. The van der Waals surface area contributed by atoms with E-state index in [-0.39, 0.29) is 5.54 Å². The third-order valence-corrected chi connectivity index (χ3v) is 3.66. The van der Waals surface area contributed by atoms with Crippen molar-refractivity contribution in [3.8, 4) is 5.75 Å². The van der Waals surface area contributed by atoms with Gasteiger partial charge in [-0.15, -0.1) is 0 Å². The molecule has 0 bridgehead atoms. The second-order valence-electron chi connectivity index (χ2n) is 5.60. The minimum Gasteiger partial charge on any atom is -0.491 e. The Morgan fingerprint density at radius 2 is 1.78 bits per heavy atom. The van der Waals surface area contributed by atoms with E-state index in [1.807, 2.05) is 18.2 Å². The van der Waals surface area contributed by atoms with E-state index in [4.69, 9.17) is 4.74 Å². The van der Waals surface area contributed by atoms with Crippen molar-refractivity contribution in [3.63, 3.8) is 0 Å². The number of ether oxygens (including phenoxy) is 1. The fraction of sp³-hybridized carbons (Fsp3) is 0.571. The molecule has 102 valence electrons. The summed E-state index contributed by atoms with van der Waals surface area (Å²) < 4.78 is 7.82. The molecule has 2 nitrogen and oxygen atoms in total. The minimum absolute atomic E-state index is 0.155. The smallest absolute Gasteiger partial charge is 0.147 e. The van der Waals surface area contributed by atoms with Crippen molar-refractivity contribution in [3.05, 3.63) is 27.1 Å². The monoisotopic (exact) mass is 377 g/mol. The maximum Gasteiger partial charge on any atom is 0.147 e. The summed E-state index contributed by atoms with van der Waals surface area (Å²) in [7, 11) is 0. The van der Waals surface area contributed by atoms with Crippen LogP contribution in [0.15, 0.2) is 27.1 Å². The zero-order valence-corrected chi connectivity index (χ0v) is 14.6. The second-order valence-corrected chi connectivity index (χ2v) is 7.31. The number of para-hydroxylation sites is 1. The van der Waals surface area contributed by atoms with Gasteiger partial charge in [0.25, 0.3) is 0 Å². The Bertz CT molecular complexity index is 368. The van der Waals surface area contributed by atoms with Crippen molar-refractivity contribution in [2.75, 3.05) is 13.2 Å². The van der Waals surface area contributed by atoms with Crippen LogP contribution in [0.4, 0.5) is 0 Å². The van der Waals surface area contributed by atoms with Crippen LogP contribution >= 0.6 is 31.9 Å². The summed E-state index contributed by atoms with van der Waals surface area (Å²) in [5.41, 5.74) is 0.155. The van der Waals surface area contributed by atoms with Gasteiger partial charge < -0.3 is 10.1 Å². The number of halogens is 2. The molecular formula is C14H21Br2NO. The van der Waals surface area contributed by atoms with Crippen LogP contribution in [0.1, 0.15) is 27.7 Å². The third-order valence-electron chi connectivity index (χ3n) is 2.41. The van der Waals surface area contributed by atoms with Gasteiger partial charge in [0.1, 0.15) is 5.75 Å². The molecule has 1 N–H and O–H groups in total. The fourth-order valence-corrected chi connectivity index (χ4v) is 2.61. The third kappa shape index (κ3) is 5.72. The number of benzene rings is 1. The topological polar surface area (TPSA) is 21.3 Å². The average molecular weight is 379 g/mol. The van der Waals surface area contributed by atoms with E-state index >= 15 is 0 Å². The molecule has 0 fully saturated rings. The van der Waals surface area contributed by atoms with E-state index in [1.54, 1.807) is 0 Å². The lowest BCUT2D eigenvalue weighted by atomic mass is 10.1. The second kappa shape index (κ2) is 6.92. The molecule has 1 aromatic carbocycles. The van der Waals surface area contributed by atoms with E-state index in [0.717, 1.165) is 21.2 Å². The molecule has 1 unspecified atom stereocenters. The highest BCUT2D eigenvalue weighted by Gasteiger charge is 2.12. The minimum atomic E-state index is 0.155. The molecule has 0 heterocycles. The summed E-state index contributed by atoms with van der Waals surface area (Å²) in [4.78, 5) is 0. The first-order valence-corrected chi connectivity index (χ1v) is 7.70. The van der Waals surface area contributed by atoms with Gasteiger partial charge in [-0.05, 0) is 64.8 Å². The van der Waals surface area contributed by atoms with Crippen LogP contribution in [0, 0.1) is 5.92 Å². The number of nitrogens with one attached hydrogen (secondary N) is 1. The zero-order valence-electron chi connectivity index (χ0n) is 11.4. The lowest BCUT2D eigenvalue weighted by molar-refractivity contribution is 0.242. The standard InChI is InChI=1S/C14H21Br2NO/c1-10(8-17-14(2,3)4)9-18-13-11(15)6-5-7-12(13)16/h5-7,10,17H,8-9H2,1-4H3. The van der Waals surface area contributed by atoms with Crippen LogP contribution in [0.25, 0.3) is 0 Å². The molecule has 0 saturated carbocycles. The first-order valence-electron chi connectivity index (χ1n) is 6.11. The summed E-state index contributed by atoms with van der Waals surface area (Å²) in [6, 6.07) is 5.95. The van der Waals surface area contributed by atoms with Gasteiger partial charge in [0.05, 0.1) is 15.6 Å². The molecule has 0 aliphatic carbocycles. The Balaban J connectivity index is 2.45. The summed E-state index contributed by atoms with van der Waals surface area (Å²) in [5, 5.41) is 3.48. The molecule has 0 amide bonds. The predicted molar refractivity (Wildman–Crippen MR) is 84.3 cm³/mol. The molecule has 1 aromatic rings. The first kappa shape index (κ1) is 16.0. The summed E-state index contributed by atoms with van der Waals surface area (Å²) in [6.45, 7) is 10.3. The van der Waals surface area contributed by atoms with Crippen molar-refractivity contribution in [1.29, 1.82) is 0 Å². The lowest BCUT2D eigenvalue weighted by Gasteiger charge is -2.23. The van der Waals surface area contributed by atoms with E-state index < -0.39 is 0 Å². The lowest BCUT2D eigenvalue weighted by Crippen LogP contribution is -2.39. The first-order chi connectivity index (χ1) is 8.29. The Morgan fingerprint density at radius 1 is 1.22 bits per heavy atom. The number of rotatable bonds is 5. The number of hydrogen-bond donors (Lipinski definition) is 1. The highest BCUT2D eigenvalue weighted by Crippen LogP contribution is 2.33. The van der Waals surface area contributed by atoms with Crippen LogP contribution in [0.3, 0.4) is 0 Å². The van der Waals surface area contributed by atoms with Crippen molar-refractivity contribution >= 4 is 31.9 Å². The average Bonchev–Trinajstić information content (AvgIpc) is 2.25. The molecule has 1 atom stereocenters. The molecule has 0 spiro atoms. The van der Waals surface area contributed by atoms with Gasteiger partial charge in [0.2, 0.25) is 0 Å². The van der Waals surface area contributed by atoms with Crippen LogP contribution in [0.5, 0.6) is 5.75 Å². The summed E-state index contributed by atoms with van der Waals surface area (Å²) in [6.07, 6.45) is 0. The SMILES string of the molecule is CC(CNC(C)(C)C)COc1c(Br)cccc1Br. The molecule has 0 aliphatic heterocycles. The van der Waals surface area contributed by atoms with Crippen molar-refractivity contribution in [1.82, 2.24) is 5.32 Å². The maximum atomic E-state index is 5.86. The van der Waals surface area contributed by atoms with Gasteiger partial charge in [0.15, 0.2) is 0 Å². The Kier molecular flexibility index (Phi) is 6.15. The molecule has 0 aliphatic rings. The van der Waals surface area contributed by atoms with Crippen molar-refractivity contribution in [2.45, 2.75) is 33.2 Å². The van der Waals surface area contributed by atoms with Crippen LogP contribution < -0.4 is 10.1 Å². The maximum absolute atomic E-state index is 5.86. The Morgan fingerprint density at radius 3 is 2.28 bits per heavy atom. The molecule has 1 rings (SSSR count). The predicted octanol–water partition coefficient (Wildman–Crippen LogP) is 4.61. The van der Waals surface area contributed by atoms with Crippen LogP contribution in [-0.4, -0.2) is 18.7 Å². The van der Waals surface area contributed by atoms with Gasteiger partial charge >= 0.3 is 0 Å². The summed E-state index contributed by atoms with van der Waals surface area (Å²) in [5.74, 6) is 1.34. The number of hydrogen-bond acceptors (Lipinski definition) is 2. The van der Waals surface area contributed by atoms with Gasteiger partial charge in [-0.25, -0.2) is 0 Å². The molecule has 18 heavy (non-hydrogen) atoms. The van der Waals surface area contributed by atoms with E-state index in [2.05, 4.69) is 64.9 Å². The van der Waals surface area contributed by atoms with Crippen LogP contribution in [0.2, 0.25) is 0 Å². The normalized spacial score (nSPS) is 13.4. The molecule has 0 aromatic heterocycles. The van der Waals surface area contributed by atoms with Crippen molar-refractivity contribution < 1.29 is 4.74 Å². The highest BCUT2D eigenvalue weighted by atomic mass is 79.9. The molecule has 0 saturated heterocycles. The van der Waals surface area contributed by atoms with Crippen molar-refractivity contribution in [2.24, 2.45) is 5.92 Å². The van der Waals surface area contributed by atoms with Gasteiger partial charge in [-0.3, -0.25) is 0 Å². The van der Waals surface area contributed by atoms with E-state index in [0.29, 0.717) is 12.5 Å². The fourth-order valence-electron chi connectivity index (χ4n) is 1.39. The Labute approximate surface area is 127 Å². The van der Waals surface area contributed by atoms with Gasteiger partial charge in [-0.1, -0.05) is 13.0 Å². The largest absolute Gasteiger partial charge is 0.491 e. The summed E-state index contributed by atoms with van der Waals surface area (Å²) >= 11 is 6.99.